The molecule has 2 aliphatic carbocycles. The summed E-state index contributed by atoms with van der Waals surface area (Å²) in [7, 11) is 0. The Hall–Kier alpha value is -3.22. The number of hydrogen-bond acceptors (Lipinski definition) is 4. The summed E-state index contributed by atoms with van der Waals surface area (Å²) in [6, 6.07) is 12.7. The van der Waals surface area contributed by atoms with Crippen LogP contribution in [0.1, 0.15) is 81.4 Å². The SMILES string of the molecule is Cc1ccc([C@H](C(=O)NC2CCCC2)N(C(=O)CCC(=O)Nc2ccccn2)C2CCCC2)cc1. The number of carbonyl (C=O) groups is 3. The van der Waals surface area contributed by atoms with E-state index in [1.807, 2.05) is 31.2 Å². The Morgan fingerprint density at radius 3 is 2.29 bits per heavy atom. The van der Waals surface area contributed by atoms with Gasteiger partial charge in [0.1, 0.15) is 11.9 Å². The van der Waals surface area contributed by atoms with E-state index in [-0.39, 0.29) is 42.6 Å². The summed E-state index contributed by atoms with van der Waals surface area (Å²) in [4.78, 5) is 45.7. The van der Waals surface area contributed by atoms with Gasteiger partial charge in [-0.15, -0.1) is 0 Å². The molecule has 1 heterocycles. The van der Waals surface area contributed by atoms with Crippen LogP contribution in [0.15, 0.2) is 48.7 Å². The number of aryl methyl sites for hydroxylation is 1. The fourth-order valence-electron chi connectivity index (χ4n) is 5.27. The first-order valence-corrected chi connectivity index (χ1v) is 12.9. The Bertz CT molecular complexity index is 997. The van der Waals surface area contributed by atoms with Gasteiger partial charge in [-0.1, -0.05) is 61.6 Å². The Labute approximate surface area is 207 Å². The first-order chi connectivity index (χ1) is 17.0. The molecule has 2 fully saturated rings. The molecule has 7 nitrogen and oxygen atoms in total. The number of benzene rings is 1. The lowest BCUT2D eigenvalue weighted by atomic mass is 9.98. The highest BCUT2D eigenvalue weighted by molar-refractivity contribution is 5.94. The molecule has 2 aliphatic rings. The maximum atomic E-state index is 13.7. The second-order valence-corrected chi connectivity index (χ2v) is 9.81. The first kappa shape index (κ1) is 24.9. The summed E-state index contributed by atoms with van der Waals surface area (Å²) in [5.74, 6) is -0.0593. The zero-order valence-electron chi connectivity index (χ0n) is 20.5. The van der Waals surface area contributed by atoms with Crippen LogP contribution in [0.3, 0.4) is 0 Å². The van der Waals surface area contributed by atoms with Crippen LogP contribution >= 0.6 is 0 Å². The van der Waals surface area contributed by atoms with E-state index < -0.39 is 6.04 Å². The third-order valence-corrected chi connectivity index (χ3v) is 7.13. The molecule has 35 heavy (non-hydrogen) atoms. The topological polar surface area (TPSA) is 91.4 Å². The molecule has 186 valence electrons. The largest absolute Gasteiger partial charge is 0.351 e. The van der Waals surface area contributed by atoms with Crippen molar-refractivity contribution in [2.24, 2.45) is 0 Å². The quantitative estimate of drug-likeness (QED) is 0.550. The molecule has 0 spiro atoms. The highest BCUT2D eigenvalue weighted by atomic mass is 16.2. The lowest BCUT2D eigenvalue weighted by Crippen LogP contribution is -2.49. The molecule has 0 radical (unpaired) electrons. The van der Waals surface area contributed by atoms with Gasteiger partial charge in [-0.3, -0.25) is 14.4 Å². The summed E-state index contributed by atoms with van der Waals surface area (Å²) in [6.45, 7) is 2.01. The maximum Gasteiger partial charge on any atom is 0.247 e. The standard InChI is InChI=1S/C28H36N4O3/c1-20-13-15-21(16-14-20)27(28(35)30-22-8-2-3-9-22)32(23-10-4-5-11-23)26(34)18-17-25(33)31-24-12-6-7-19-29-24/h6-7,12-16,19,22-23,27H,2-5,8-11,17-18H2,1H3,(H,30,35)(H,29,31,33)/t27-/m1/s1. The fourth-order valence-corrected chi connectivity index (χ4v) is 5.27. The second-order valence-electron chi connectivity index (χ2n) is 9.81. The molecule has 2 N–H and O–H groups in total. The van der Waals surface area contributed by atoms with Crippen LogP contribution in [0.2, 0.25) is 0 Å². The maximum absolute atomic E-state index is 13.7. The molecule has 2 saturated carbocycles. The predicted octanol–water partition coefficient (Wildman–Crippen LogP) is 4.68. The van der Waals surface area contributed by atoms with E-state index in [0.717, 1.165) is 62.5 Å². The summed E-state index contributed by atoms with van der Waals surface area (Å²) >= 11 is 0. The Morgan fingerprint density at radius 2 is 1.63 bits per heavy atom. The minimum absolute atomic E-state index is 0.00184. The molecule has 4 rings (SSSR count). The monoisotopic (exact) mass is 476 g/mol. The molecule has 3 amide bonds. The normalized spacial score (nSPS) is 17.2. The van der Waals surface area contributed by atoms with E-state index in [1.165, 1.54) is 0 Å². The van der Waals surface area contributed by atoms with Crippen molar-refractivity contribution in [3.05, 3.63) is 59.8 Å². The van der Waals surface area contributed by atoms with Crippen molar-refractivity contribution < 1.29 is 14.4 Å². The van der Waals surface area contributed by atoms with Gasteiger partial charge in [0, 0.05) is 31.1 Å². The highest BCUT2D eigenvalue weighted by Gasteiger charge is 2.38. The number of hydrogen-bond donors (Lipinski definition) is 2. The van der Waals surface area contributed by atoms with E-state index >= 15 is 0 Å². The van der Waals surface area contributed by atoms with E-state index in [4.69, 9.17) is 0 Å². The van der Waals surface area contributed by atoms with Gasteiger partial charge >= 0.3 is 0 Å². The van der Waals surface area contributed by atoms with Gasteiger partial charge in [0.15, 0.2) is 0 Å². The number of nitrogens with one attached hydrogen (secondary N) is 2. The van der Waals surface area contributed by atoms with Crippen LogP contribution in [-0.4, -0.2) is 39.7 Å². The van der Waals surface area contributed by atoms with Crippen molar-refractivity contribution in [1.29, 1.82) is 0 Å². The number of anilines is 1. The first-order valence-electron chi connectivity index (χ1n) is 12.9. The molecule has 2 aromatic rings. The van der Waals surface area contributed by atoms with Crippen LogP contribution < -0.4 is 10.6 Å². The Morgan fingerprint density at radius 1 is 0.943 bits per heavy atom. The number of amides is 3. The van der Waals surface area contributed by atoms with E-state index in [1.54, 1.807) is 29.3 Å². The van der Waals surface area contributed by atoms with Crippen LogP contribution in [0.25, 0.3) is 0 Å². The van der Waals surface area contributed by atoms with Gasteiger partial charge in [0.2, 0.25) is 17.7 Å². The van der Waals surface area contributed by atoms with Gasteiger partial charge in [0.25, 0.3) is 0 Å². The number of pyridine rings is 1. The summed E-state index contributed by atoms with van der Waals surface area (Å²) in [5.41, 5.74) is 1.93. The Kier molecular flexibility index (Phi) is 8.50. The van der Waals surface area contributed by atoms with Crippen molar-refractivity contribution in [2.75, 3.05) is 5.32 Å². The van der Waals surface area contributed by atoms with Crippen LogP contribution in [0, 0.1) is 6.92 Å². The third kappa shape index (κ3) is 6.68. The number of rotatable bonds is 9. The summed E-state index contributed by atoms with van der Waals surface area (Å²) in [6.07, 6.45) is 9.76. The Balaban J connectivity index is 1.53. The molecule has 1 aromatic carbocycles. The predicted molar refractivity (Wildman–Crippen MR) is 136 cm³/mol. The van der Waals surface area contributed by atoms with Crippen molar-refractivity contribution in [2.45, 2.75) is 89.3 Å². The number of carbonyl (C=O) groups excluding carboxylic acids is 3. The lowest BCUT2D eigenvalue weighted by molar-refractivity contribution is -0.144. The van der Waals surface area contributed by atoms with Crippen molar-refractivity contribution in [3.8, 4) is 0 Å². The minimum Gasteiger partial charge on any atom is -0.351 e. The zero-order chi connectivity index (χ0) is 24.6. The molecule has 7 heteroatoms. The average Bonchev–Trinajstić information content (AvgIpc) is 3.57. The molecule has 0 unspecified atom stereocenters. The number of aromatic nitrogens is 1. The van der Waals surface area contributed by atoms with Gasteiger partial charge in [0.05, 0.1) is 0 Å². The summed E-state index contributed by atoms with van der Waals surface area (Å²) in [5, 5.41) is 5.97. The molecular formula is C28H36N4O3. The van der Waals surface area contributed by atoms with Crippen molar-refractivity contribution in [1.82, 2.24) is 15.2 Å². The van der Waals surface area contributed by atoms with Gasteiger partial charge in [-0.05, 0) is 50.3 Å². The van der Waals surface area contributed by atoms with E-state index in [9.17, 15) is 14.4 Å². The molecular weight excluding hydrogens is 440 g/mol. The van der Waals surface area contributed by atoms with Gasteiger partial charge in [-0.2, -0.15) is 0 Å². The van der Waals surface area contributed by atoms with E-state index in [0.29, 0.717) is 5.82 Å². The van der Waals surface area contributed by atoms with Crippen LogP contribution in [-0.2, 0) is 14.4 Å². The summed E-state index contributed by atoms with van der Waals surface area (Å²) < 4.78 is 0. The lowest BCUT2D eigenvalue weighted by Gasteiger charge is -2.37. The van der Waals surface area contributed by atoms with Crippen molar-refractivity contribution in [3.63, 3.8) is 0 Å². The zero-order valence-corrected chi connectivity index (χ0v) is 20.5. The molecule has 0 aliphatic heterocycles. The smallest absolute Gasteiger partial charge is 0.247 e. The number of nitrogens with zero attached hydrogens (tertiary/aromatic N) is 2. The van der Waals surface area contributed by atoms with Crippen molar-refractivity contribution >= 4 is 23.5 Å². The second kappa shape index (κ2) is 12.0. The van der Waals surface area contributed by atoms with E-state index in [2.05, 4.69) is 15.6 Å². The molecule has 1 aromatic heterocycles. The fraction of sp³-hybridized carbons (Fsp3) is 0.500. The van der Waals surface area contributed by atoms with Crippen LogP contribution in [0.4, 0.5) is 5.82 Å². The average molecular weight is 477 g/mol. The van der Waals surface area contributed by atoms with Gasteiger partial charge in [-0.25, -0.2) is 4.98 Å². The highest BCUT2D eigenvalue weighted by Crippen LogP contribution is 2.33. The van der Waals surface area contributed by atoms with Gasteiger partial charge < -0.3 is 15.5 Å². The molecule has 0 bridgehead atoms. The molecule has 0 saturated heterocycles. The minimum atomic E-state index is -0.689. The third-order valence-electron chi connectivity index (χ3n) is 7.13. The van der Waals surface area contributed by atoms with Crippen LogP contribution in [0.5, 0.6) is 0 Å². The molecule has 1 atom stereocenters.